The highest BCUT2D eigenvalue weighted by molar-refractivity contribution is 5.77. The van der Waals surface area contributed by atoms with Gasteiger partial charge in [-0.05, 0) is 34.7 Å². The van der Waals surface area contributed by atoms with Crippen LogP contribution >= 0.6 is 0 Å². The lowest BCUT2D eigenvalue weighted by molar-refractivity contribution is -0.186. The molecule has 0 aliphatic heterocycles. The van der Waals surface area contributed by atoms with Gasteiger partial charge >= 0.3 is 11.9 Å². The number of benzene rings is 2. The Hall–Kier alpha value is -2.62. The van der Waals surface area contributed by atoms with Crippen molar-refractivity contribution in [3.63, 3.8) is 0 Å². The highest BCUT2D eigenvalue weighted by atomic mass is 16.7. The van der Waals surface area contributed by atoms with Gasteiger partial charge in [0, 0.05) is 19.4 Å². The van der Waals surface area contributed by atoms with Crippen molar-refractivity contribution >= 4 is 11.9 Å². The van der Waals surface area contributed by atoms with Crippen molar-refractivity contribution in [2.45, 2.75) is 26.6 Å². The summed E-state index contributed by atoms with van der Waals surface area (Å²) in [6.45, 7) is 2.58. The maximum absolute atomic E-state index is 11.2. The molecule has 0 saturated heterocycles. The highest BCUT2D eigenvalue weighted by Gasteiger charge is 2.23. The summed E-state index contributed by atoms with van der Waals surface area (Å²) in [5.74, 6) is -0.981. The number of hydrogen-bond acceptors (Lipinski definition) is 4. The Morgan fingerprint density at radius 2 is 1.55 bits per heavy atom. The monoisotopic (exact) mass is 296 g/mol. The van der Waals surface area contributed by atoms with E-state index < -0.39 is 18.2 Å². The van der Waals surface area contributed by atoms with Gasteiger partial charge in [0.15, 0.2) is 0 Å². The van der Waals surface area contributed by atoms with E-state index in [2.05, 4.69) is 12.1 Å². The Labute approximate surface area is 128 Å². The summed E-state index contributed by atoms with van der Waals surface area (Å²) in [5.41, 5.74) is 5.47. The molecule has 4 heteroatoms. The van der Waals surface area contributed by atoms with Crippen LogP contribution in [0.25, 0.3) is 11.1 Å². The Balaban J connectivity index is 1.95. The molecule has 0 atom stereocenters. The van der Waals surface area contributed by atoms with Gasteiger partial charge in [-0.1, -0.05) is 36.4 Å². The maximum Gasteiger partial charge on any atom is 0.305 e. The van der Waals surface area contributed by atoms with Crippen LogP contribution in [-0.4, -0.2) is 11.9 Å². The third-order valence-corrected chi connectivity index (χ3v) is 3.64. The number of rotatable bonds is 3. The Kier molecular flexibility index (Phi) is 3.67. The van der Waals surface area contributed by atoms with Gasteiger partial charge < -0.3 is 9.47 Å². The van der Waals surface area contributed by atoms with Gasteiger partial charge in [-0.15, -0.1) is 0 Å². The van der Waals surface area contributed by atoms with E-state index in [0.29, 0.717) is 5.56 Å². The first-order valence-electron chi connectivity index (χ1n) is 7.10. The summed E-state index contributed by atoms with van der Waals surface area (Å²) in [5, 5.41) is 0. The van der Waals surface area contributed by atoms with Gasteiger partial charge in [-0.2, -0.15) is 0 Å². The van der Waals surface area contributed by atoms with E-state index in [1.807, 2.05) is 30.3 Å². The average molecular weight is 296 g/mol. The minimum Gasteiger partial charge on any atom is -0.421 e. The van der Waals surface area contributed by atoms with E-state index in [0.717, 1.165) is 12.0 Å². The van der Waals surface area contributed by atoms with E-state index in [-0.39, 0.29) is 0 Å². The predicted octanol–water partition coefficient (Wildman–Crippen LogP) is 3.38. The fourth-order valence-corrected chi connectivity index (χ4v) is 2.77. The number of ether oxygens (including phenoxy) is 2. The van der Waals surface area contributed by atoms with E-state index in [4.69, 9.17) is 9.47 Å². The van der Waals surface area contributed by atoms with Crippen molar-refractivity contribution in [3.05, 3.63) is 59.2 Å². The lowest BCUT2D eigenvalue weighted by Crippen LogP contribution is -2.15. The smallest absolute Gasteiger partial charge is 0.305 e. The molecule has 0 bridgehead atoms. The summed E-state index contributed by atoms with van der Waals surface area (Å²) >= 11 is 0. The zero-order chi connectivity index (χ0) is 15.7. The van der Waals surface area contributed by atoms with E-state index in [1.54, 1.807) is 0 Å². The number of carbonyl (C=O) groups is 2. The van der Waals surface area contributed by atoms with Crippen molar-refractivity contribution in [3.8, 4) is 11.1 Å². The third kappa shape index (κ3) is 2.72. The largest absolute Gasteiger partial charge is 0.421 e. The average Bonchev–Trinajstić information content (AvgIpc) is 2.83. The predicted molar refractivity (Wildman–Crippen MR) is 81.0 cm³/mol. The molecule has 2 aromatic rings. The Morgan fingerprint density at radius 3 is 2.23 bits per heavy atom. The van der Waals surface area contributed by atoms with Gasteiger partial charge in [0.1, 0.15) is 0 Å². The van der Waals surface area contributed by atoms with Gasteiger partial charge in [0.25, 0.3) is 6.29 Å². The van der Waals surface area contributed by atoms with Crippen molar-refractivity contribution in [1.29, 1.82) is 0 Å². The second kappa shape index (κ2) is 5.64. The molecule has 0 amide bonds. The van der Waals surface area contributed by atoms with Crippen molar-refractivity contribution < 1.29 is 19.1 Å². The van der Waals surface area contributed by atoms with Crippen LogP contribution in [0.1, 0.15) is 36.8 Å². The molecule has 112 valence electrons. The molecule has 1 aliphatic carbocycles. The molecule has 1 aliphatic rings. The highest BCUT2D eigenvalue weighted by Crippen LogP contribution is 2.38. The van der Waals surface area contributed by atoms with Crippen molar-refractivity contribution in [2.75, 3.05) is 0 Å². The topological polar surface area (TPSA) is 52.6 Å². The summed E-state index contributed by atoms with van der Waals surface area (Å²) in [4.78, 5) is 22.4. The van der Waals surface area contributed by atoms with Crippen LogP contribution in [0.5, 0.6) is 0 Å². The standard InChI is InChI=1S/C18H16O4/c1-11(19)21-18(22-12(2)20)14-7-8-17-15(10-14)9-13-5-3-4-6-16(13)17/h3-8,10,18H,9H2,1-2H3. The Morgan fingerprint density at radius 1 is 0.909 bits per heavy atom. The lowest BCUT2D eigenvalue weighted by atomic mass is 10.0. The summed E-state index contributed by atoms with van der Waals surface area (Å²) in [6, 6.07) is 14.0. The van der Waals surface area contributed by atoms with Crippen LogP contribution in [0.2, 0.25) is 0 Å². The quantitative estimate of drug-likeness (QED) is 0.549. The molecule has 0 aromatic heterocycles. The van der Waals surface area contributed by atoms with Gasteiger partial charge in [-0.25, -0.2) is 0 Å². The molecule has 2 aromatic carbocycles. The summed E-state index contributed by atoms with van der Waals surface area (Å²) in [6.07, 6.45) is -0.171. The van der Waals surface area contributed by atoms with E-state index >= 15 is 0 Å². The minimum atomic E-state index is -0.996. The molecular weight excluding hydrogens is 280 g/mol. The number of carbonyl (C=O) groups excluding carboxylic acids is 2. The van der Waals surface area contributed by atoms with E-state index in [9.17, 15) is 9.59 Å². The van der Waals surface area contributed by atoms with Gasteiger partial charge in [0.05, 0.1) is 0 Å². The Bertz CT molecular complexity index is 733. The van der Waals surface area contributed by atoms with Crippen LogP contribution < -0.4 is 0 Å². The molecule has 0 N–H and O–H groups in total. The molecule has 0 saturated carbocycles. The number of hydrogen-bond donors (Lipinski definition) is 0. The van der Waals surface area contributed by atoms with Crippen LogP contribution in [0.3, 0.4) is 0 Å². The second-order valence-electron chi connectivity index (χ2n) is 5.30. The van der Waals surface area contributed by atoms with Gasteiger partial charge in [0.2, 0.25) is 0 Å². The first-order chi connectivity index (χ1) is 10.5. The van der Waals surface area contributed by atoms with Crippen LogP contribution in [0.15, 0.2) is 42.5 Å². The molecule has 4 nitrogen and oxygen atoms in total. The number of esters is 2. The fourth-order valence-electron chi connectivity index (χ4n) is 2.77. The summed E-state index contributed by atoms with van der Waals surface area (Å²) in [7, 11) is 0. The molecule has 0 radical (unpaired) electrons. The molecule has 22 heavy (non-hydrogen) atoms. The third-order valence-electron chi connectivity index (χ3n) is 3.64. The zero-order valence-corrected chi connectivity index (χ0v) is 12.5. The van der Waals surface area contributed by atoms with Crippen LogP contribution in [0, 0.1) is 0 Å². The first kappa shape index (κ1) is 14.3. The number of fused-ring (bicyclic) bond motifs is 3. The lowest BCUT2D eigenvalue weighted by Gasteiger charge is -2.17. The van der Waals surface area contributed by atoms with Crippen LogP contribution in [-0.2, 0) is 25.5 Å². The normalized spacial score (nSPS) is 11.8. The van der Waals surface area contributed by atoms with Crippen molar-refractivity contribution in [2.24, 2.45) is 0 Å². The molecular formula is C18H16O4. The molecule has 0 fully saturated rings. The summed E-state index contributed by atoms with van der Waals surface area (Å²) < 4.78 is 10.2. The molecule has 0 unspecified atom stereocenters. The SMILES string of the molecule is CC(=O)OC(OC(C)=O)c1ccc2c(c1)Cc1ccccc1-2. The second-order valence-corrected chi connectivity index (χ2v) is 5.30. The first-order valence-corrected chi connectivity index (χ1v) is 7.10. The maximum atomic E-state index is 11.2. The minimum absolute atomic E-state index is 0.491. The van der Waals surface area contributed by atoms with Gasteiger partial charge in [-0.3, -0.25) is 9.59 Å². The van der Waals surface area contributed by atoms with E-state index in [1.165, 1.54) is 30.5 Å². The molecule has 0 spiro atoms. The van der Waals surface area contributed by atoms with Crippen LogP contribution in [0.4, 0.5) is 0 Å². The zero-order valence-electron chi connectivity index (χ0n) is 12.5. The molecule has 0 heterocycles. The molecule has 3 rings (SSSR count). The fraction of sp³-hybridized carbons (Fsp3) is 0.222. The van der Waals surface area contributed by atoms with Crippen molar-refractivity contribution in [1.82, 2.24) is 0 Å².